The van der Waals surface area contributed by atoms with E-state index < -0.39 is 43.4 Å². The molecule has 0 radical (unpaired) electrons. The van der Waals surface area contributed by atoms with E-state index in [1.807, 2.05) is 0 Å². The highest BCUT2D eigenvalue weighted by atomic mass is 35.5. The van der Waals surface area contributed by atoms with Crippen molar-refractivity contribution in [2.24, 2.45) is 0 Å². The maximum absolute atomic E-state index is 9.55. The number of aliphatic hydroxyl groups excluding tert-OH is 5. The second-order valence-corrected chi connectivity index (χ2v) is 4.15. The van der Waals surface area contributed by atoms with Crippen molar-refractivity contribution >= 4 is 11.6 Å². The van der Waals surface area contributed by atoms with Gasteiger partial charge in [0.2, 0.25) is 0 Å². The zero-order valence-corrected chi connectivity index (χ0v) is 9.77. The molecule has 0 aromatic carbocycles. The van der Waals surface area contributed by atoms with Gasteiger partial charge in [-0.1, -0.05) is 0 Å². The van der Waals surface area contributed by atoms with Crippen LogP contribution in [-0.2, 0) is 9.47 Å². The van der Waals surface area contributed by atoms with Crippen molar-refractivity contribution in [3.05, 3.63) is 0 Å². The van der Waals surface area contributed by atoms with Crippen molar-refractivity contribution in [2.75, 3.05) is 19.1 Å². The third kappa shape index (κ3) is 3.73. The number of ether oxygens (including phenoxy) is 2. The number of hydrogen-bond donors (Lipinski definition) is 5. The van der Waals surface area contributed by atoms with Crippen LogP contribution in [0.5, 0.6) is 0 Å². The van der Waals surface area contributed by atoms with E-state index in [9.17, 15) is 15.3 Å². The first-order chi connectivity index (χ1) is 8.01. The van der Waals surface area contributed by atoms with Crippen molar-refractivity contribution in [3.8, 4) is 0 Å². The Morgan fingerprint density at radius 2 is 1.82 bits per heavy atom. The minimum absolute atomic E-state index is 0.0442. The van der Waals surface area contributed by atoms with Gasteiger partial charge in [-0.25, -0.2) is 0 Å². The summed E-state index contributed by atoms with van der Waals surface area (Å²) in [5, 5.41) is 46.5. The van der Waals surface area contributed by atoms with Crippen LogP contribution in [0.2, 0.25) is 0 Å². The maximum Gasteiger partial charge on any atom is 0.186 e. The minimum Gasteiger partial charge on any atom is -0.394 e. The Balaban J connectivity index is 2.53. The van der Waals surface area contributed by atoms with Crippen LogP contribution in [0.25, 0.3) is 0 Å². The monoisotopic (exact) mass is 272 g/mol. The summed E-state index contributed by atoms with van der Waals surface area (Å²) in [6.45, 7) is -0.713. The Labute approximate surface area is 103 Å². The lowest BCUT2D eigenvalue weighted by atomic mass is 9.99. The van der Waals surface area contributed by atoms with Crippen LogP contribution in [0.15, 0.2) is 0 Å². The lowest BCUT2D eigenvalue weighted by Crippen LogP contribution is -2.59. The van der Waals surface area contributed by atoms with Gasteiger partial charge in [0.25, 0.3) is 0 Å². The SMILES string of the molecule is OC[C@H]1O[C@@H](OC[C@H](O)CCl)[C@H](O)[C@@H](O)[C@@H]1O. The molecule has 1 fully saturated rings. The molecule has 0 spiro atoms. The maximum atomic E-state index is 9.55. The summed E-state index contributed by atoms with van der Waals surface area (Å²) >= 11 is 5.35. The van der Waals surface area contributed by atoms with E-state index in [1.165, 1.54) is 0 Å². The van der Waals surface area contributed by atoms with Gasteiger partial charge < -0.3 is 35.0 Å². The Kier molecular flexibility index (Phi) is 6.04. The van der Waals surface area contributed by atoms with E-state index in [0.717, 1.165) is 0 Å². The van der Waals surface area contributed by atoms with E-state index in [0.29, 0.717) is 0 Å². The lowest BCUT2D eigenvalue weighted by Gasteiger charge is -2.39. The molecule has 1 heterocycles. The Bertz CT molecular complexity index is 227. The van der Waals surface area contributed by atoms with Gasteiger partial charge in [0.1, 0.15) is 24.4 Å². The second kappa shape index (κ2) is 6.81. The summed E-state index contributed by atoms with van der Waals surface area (Å²) < 4.78 is 10.0. The molecule has 8 heteroatoms. The molecule has 0 bridgehead atoms. The average molecular weight is 273 g/mol. The van der Waals surface area contributed by atoms with Gasteiger partial charge in [-0.2, -0.15) is 0 Å². The molecular formula is C9H17ClO7. The number of halogens is 1. The highest BCUT2D eigenvalue weighted by Gasteiger charge is 2.44. The second-order valence-electron chi connectivity index (χ2n) is 3.84. The molecular weight excluding hydrogens is 256 g/mol. The van der Waals surface area contributed by atoms with Crippen LogP contribution in [-0.4, -0.2) is 81.4 Å². The standard InChI is InChI=1S/C9H17ClO7/c10-1-4(12)3-16-9-8(15)7(14)6(13)5(2-11)17-9/h4-9,11-15H,1-3H2/t4-,5-,6-,7+,8-,9-/m1/s1. The summed E-state index contributed by atoms with van der Waals surface area (Å²) in [4.78, 5) is 0. The minimum atomic E-state index is -1.49. The van der Waals surface area contributed by atoms with E-state index in [1.54, 1.807) is 0 Å². The van der Waals surface area contributed by atoms with Crippen LogP contribution < -0.4 is 0 Å². The molecule has 1 aliphatic heterocycles. The largest absolute Gasteiger partial charge is 0.394 e. The molecule has 0 unspecified atom stereocenters. The molecule has 1 saturated heterocycles. The predicted octanol–water partition coefficient (Wildman–Crippen LogP) is -2.60. The van der Waals surface area contributed by atoms with Gasteiger partial charge >= 0.3 is 0 Å². The number of aliphatic hydroxyl groups is 5. The molecule has 6 atom stereocenters. The number of rotatable bonds is 5. The highest BCUT2D eigenvalue weighted by Crippen LogP contribution is 2.21. The molecule has 7 nitrogen and oxygen atoms in total. The van der Waals surface area contributed by atoms with Crippen molar-refractivity contribution in [1.29, 1.82) is 0 Å². The third-order valence-corrected chi connectivity index (χ3v) is 2.84. The molecule has 0 saturated carbocycles. The van der Waals surface area contributed by atoms with Crippen LogP contribution in [0.4, 0.5) is 0 Å². The Morgan fingerprint density at radius 1 is 1.18 bits per heavy atom. The molecule has 102 valence electrons. The van der Waals surface area contributed by atoms with Gasteiger partial charge in [0.05, 0.1) is 25.2 Å². The molecule has 1 rings (SSSR count). The fourth-order valence-corrected chi connectivity index (χ4v) is 1.54. The topological polar surface area (TPSA) is 120 Å². The van der Waals surface area contributed by atoms with E-state index in [2.05, 4.69) is 0 Å². The Hall–Kier alpha value is 0.01000. The van der Waals surface area contributed by atoms with Crippen molar-refractivity contribution < 1.29 is 35.0 Å². The van der Waals surface area contributed by atoms with Crippen LogP contribution in [0.1, 0.15) is 0 Å². The first kappa shape index (κ1) is 15.1. The molecule has 0 amide bonds. The summed E-state index contributed by atoms with van der Waals surface area (Å²) in [6.07, 6.45) is -7.55. The molecule has 5 N–H and O–H groups in total. The number of alkyl halides is 1. The molecule has 17 heavy (non-hydrogen) atoms. The average Bonchev–Trinajstić information content (AvgIpc) is 2.34. The Morgan fingerprint density at radius 3 is 2.35 bits per heavy atom. The van der Waals surface area contributed by atoms with Crippen LogP contribution in [0.3, 0.4) is 0 Å². The first-order valence-electron chi connectivity index (χ1n) is 5.17. The van der Waals surface area contributed by atoms with Crippen molar-refractivity contribution in [3.63, 3.8) is 0 Å². The fraction of sp³-hybridized carbons (Fsp3) is 1.00. The molecule has 0 aliphatic carbocycles. The van der Waals surface area contributed by atoms with Crippen LogP contribution in [0, 0.1) is 0 Å². The molecule has 0 aromatic heterocycles. The van der Waals surface area contributed by atoms with Gasteiger partial charge in [-0.15, -0.1) is 11.6 Å². The third-order valence-electron chi connectivity index (χ3n) is 2.48. The van der Waals surface area contributed by atoms with Gasteiger partial charge in [-0.05, 0) is 0 Å². The predicted molar refractivity (Wildman–Crippen MR) is 56.4 cm³/mol. The summed E-state index contributed by atoms with van der Waals surface area (Å²) in [6, 6.07) is 0. The van der Waals surface area contributed by atoms with Gasteiger partial charge in [0.15, 0.2) is 6.29 Å². The zero-order valence-electron chi connectivity index (χ0n) is 9.02. The normalized spacial score (nSPS) is 40.2. The van der Waals surface area contributed by atoms with Gasteiger partial charge in [-0.3, -0.25) is 0 Å². The van der Waals surface area contributed by atoms with Crippen molar-refractivity contribution in [1.82, 2.24) is 0 Å². The highest BCUT2D eigenvalue weighted by molar-refractivity contribution is 6.18. The quantitative estimate of drug-likeness (QED) is 0.348. The van der Waals surface area contributed by atoms with Crippen LogP contribution >= 0.6 is 11.6 Å². The lowest BCUT2D eigenvalue weighted by molar-refractivity contribution is -0.304. The first-order valence-corrected chi connectivity index (χ1v) is 5.70. The molecule has 1 aliphatic rings. The number of hydrogen-bond acceptors (Lipinski definition) is 7. The summed E-state index contributed by atoms with van der Waals surface area (Å²) in [5.41, 5.74) is 0. The summed E-state index contributed by atoms with van der Waals surface area (Å²) in [7, 11) is 0. The van der Waals surface area contributed by atoms with E-state index in [4.69, 9.17) is 31.3 Å². The zero-order chi connectivity index (χ0) is 13.0. The van der Waals surface area contributed by atoms with E-state index >= 15 is 0 Å². The van der Waals surface area contributed by atoms with Crippen molar-refractivity contribution in [2.45, 2.75) is 36.8 Å². The smallest absolute Gasteiger partial charge is 0.186 e. The van der Waals surface area contributed by atoms with Gasteiger partial charge in [0, 0.05) is 0 Å². The fourth-order valence-electron chi connectivity index (χ4n) is 1.46. The van der Waals surface area contributed by atoms with E-state index in [-0.39, 0.29) is 12.5 Å². The summed E-state index contributed by atoms with van der Waals surface area (Å²) in [5.74, 6) is -0.0442. The molecule has 0 aromatic rings.